The molecule has 208 valence electrons. The zero-order chi connectivity index (χ0) is 27.0. The Balaban J connectivity index is 1.77. The Morgan fingerprint density at radius 3 is 2.57 bits per heavy atom. The van der Waals surface area contributed by atoms with Gasteiger partial charge in [-0.05, 0) is 68.5 Å². The summed E-state index contributed by atoms with van der Waals surface area (Å²) in [5.74, 6) is 0.825. The maximum absolute atomic E-state index is 12.7. The summed E-state index contributed by atoms with van der Waals surface area (Å²) in [7, 11) is 1.97. The van der Waals surface area contributed by atoms with Gasteiger partial charge in [0, 0.05) is 37.2 Å². The van der Waals surface area contributed by atoms with E-state index >= 15 is 0 Å². The Bertz CT molecular complexity index is 852. The van der Waals surface area contributed by atoms with Crippen LogP contribution in [0.25, 0.3) is 0 Å². The number of rotatable bonds is 18. The Morgan fingerprint density at radius 2 is 1.92 bits per heavy atom. The first kappa shape index (κ1) is 30.8. The lowest BCUT2D eigenvalue weighted by Crippen LogP contribution is -2.46. The average molecular weight is 514 g/mol. The normalized spacial score (nSPS) is 15.5. The highest BCUT2D eigenvalue weighted by molar-refractivity contribution is 5.85. The number of aromatic nitrogens is 1. The van der Waals surface area contributed by atoms with Gasteiger partial charge >= 0.3 is 0 Å². The topological polar surface area (TPSA) is 86.4 Å². The molecule has 1 heterocycles. The number of hydrogen-bond acceptors (Lipinski definition) is 5. The Hall–Kier alpha value is -2.41. The zero-order valence-electron chi connectivity index (χ0n) is 23.9. The lowest BCUT2D eigenvalue weighted by Gasteiger charge is -2.33. The molecule has 2 amide bonds. The molecule has 1 aromatic heterocycles. The number of carbonyl (C=O) groups excluding carboxylic acids is 2. The second kappa shape index (κ2) is 17.2. The number of aryl methyl sites for hydroxylation is 1. The molecule has 2 unspecified atom stereocenters. The van der Waals surface area contributed by atoms with Crippen LogP contribution in [0.1, 0.15) is 96.2 Å². The number of unbranched alkanes of at least 4 members (excludes halogenated alkanes) is 1. The lowest BCUT2D eigenvalue weighted by molar-refractivity contribution is -0.126. The minimum absolute atomic E-state index is 0.000464. The van der Waals surface area contributed by atoms with E-state index in [1.54, 1.807) is 0 Å². The van der Waals surface area contributed by atoms with Crippen molar-refractivity contribution in [1.29, 1.82) is 0 Å². The van der Waals surface area contributed by atoms with E-state index in [1.165, 1.54) is 30.5 Å². The highest BCUT2D eigenvalue weighted by atomic mass is 16.2. The minimum atomic E-state index is -0.153. The highest BCUT2D eigenvalue weighted by Gasteiger charge is 2.24. The van der Waals surface area contributed by atoms with E-state index in [0.29, 0.717) is 18.4 Å². The van der Waals surface area contributed by atoms with Crippen LogP contribution in [0.2, 0.25) is 0 Å². The fourth-order valence-electron chi connectivity index (χ4n) is 4.78. The number of nitrogens with one attached hydrogen (secondary N) is 3. The molecule has 7 heteroatoms. The molecule has 1 aliphatic rings. The SMILES string of the molecule is CCC/C=C(\C(NCCC)C(C)CC)N(C)CC(=O)NCC(=O)NCCCc1ncccc1C1CCC1. The zero-order valence-corrected chi connectivity index (χ0v) is 23.9. The number of pyridine rings is 1. The van der Waals surface area contributed by atoms with E-state index in [0.717, 1.165) is 50.8 Å². The van der Waals surface area contributed by atoms with E-state index < -0.39 is 0 Å². The van der Waals surface area contributed by atoms with Crippen LogP contribution in [0.4, 0.5) is 0 Å². The van der Waals surface area contributed by atoms with E-state index in [2.05, 4.69) is 60.8 Å². The third-order valence-electron chi connectivity index (χ3n) is 7.44. The van der Waals surface area contributed by atoms with E-state index in [1.807, 2.05) is 24.2 Å². The predicted octanol–water partition coefficient (Wildman–Crippen LogP) is 4.54. The molecule has 2 rings (SSSR count). The van der Waals surface area contributed by atoms with Crippen molar-refractivity contribution >= 4 is 11.8 Å². The van der Waals surface area contributed by atoms with E-state index in [9.17, 15) is 9.59 Å². The van der Waals surface area contributed by atoms with Crippen molar-refractivity contribution in [3.8, 4) is 0 Å². The minimum Gasteiger partial charge on any atom is -0.368 e. The molecule has 1 aromatic rings. The Morgan fingerprint density at radius 1 is 1.14 bits per heavy atom. The maximum Gasteiger partial charge on any atom is 0.239 e. The molecular formula is C30H51N5O2. The van der Waals surface area contributed by atoms with E-state index in [-0.39, 0.29) is 30.9 Å². The Kier molecular flexibility index (Phi) is 14.3. The van der Waals surface area contributed by atoms with Crippen molar-refractivity contribution < 1.29 is 9.59 Å². The second-order valence-electron chi connectivity index (χ2n) is 10.5. The van der Waals surface area contributed by atoms with Crippen molar-refractivity contribution in [3.63, 3.8) is 0 Å². The molecule has 3 N–H and O–H groups in total. The van der Waals surface area contributed by atoms with Crippen molar-refractivity contribution in [2.24, 2.45) is 5.92 Å². The van der Waals surface area contributed by atoms with Gasteiger partial charge in [-0.15, -0.1) is 0 Å². The summed E-state index contributed by atoms with van der Waals surface area (Å²) < 4.78 is 0. The van der Waals surface area contributed by atoms with Crippen LogP contribution in [0.15, 0.2) is 30.1 Å². The van der Waals surface area contributed by atoms with Gasteiger partial charge in [0.2, 0.25) is 11.8 Å². The smallest absolute Gasteiger partial charge is 0.239 e. The maximum atomic E-state index is 12.7. The highest BCUT2D eigenvalue weighted by Crippen LogP contribution is 2.37. The molecule has 1 fully saturated rings. The van der Waals surface area contributed by atoms with Crippen LogP contribution in [0.3, 0.4) is 0 Å². The quantitative estimate of drug-likeness (QED) is 0.251. The molecular weight excluding hydrogens is 462 g/mol. The summed E-state index contributed by atoms with van der Waals surface area (Å²) in [5, 5.41) is 9.41. The van der Waals surface area contributed by atoms with E-state index in [4.69, 9.17) is 0 Å². The molecule has 37 heavy (non-hydrogen) atoms. The van der Waals surface area contributed by atoms with Crippen LogP contribution in [0, 0.1) is 5.92 Å². The first-order chi connectivity index (χ1) is 17.9. The molecule has 1 saturated carbocycles. The largest absolute Gasteiger partial charge is 0.368 e. The predicted molar refractivity (Wildman–Crippen MR) is 152 cm³/mol. The van der Waals surface area contributed by atoms with Gasteiger partial charge in [0.1, 0.15) is 0 Å². The van der Waals surface area contributed by atoms with Crippen molar-refractivity contribution in [1.82, 2.24) is 25.8 Å². The molecule has 0 saturated heterocycles. The van der Waals surface area contributed by atoms with Gasteiger partial charge < -0.3 is 20.9 Å². The number of carbonyl (C=O) groups is 2. The van der Waals surface area contributed by atoms with Crippen molar-refractivity contribution in [2.45, 2.75) is 97.4 Å². The van der Waals surface area contributed by atoms with Gasteiger partial charge in [0.25, 0.3) is 0 Å². The summed E-state index contributed by atoms with van der Waals surface area (Å²) in [6.07, 6.45) is 13.8. The fraction of sp³-hybridized carbons (Fsp3) is 0.700. The van der Waals surface area contributed by atoms with Crippen molar-refractivity contribution in [3.05, 3.63) is 41.4 Å². The van der Waals surface area contributed by atoms with Gasteiger partial charge in [0.05, 0.1) is 13.1 Å². The van der Waals surface area contributed by atoms with Gasteiger partial charge in [-0.3, -0.25) is 14.6 Å². The number of likely N-dealkylation sites (N-methyl/N-ethyl adjacent to an activating group) is 1. The van der Waals surface area contributed by atoms with Crippen LogP contribution in [-0.4, -0.2) is 61.0 Å². The third-order valence-corrected chi connectivity index (χ3v) is 7.44. The fourth-order valence-corrected chi connectivity index (χ4v) is 4.78. The number of amides is 2. The first-order valence-corrected chi connectivity index (χ1v) is 14.5. The molecule has 2 atom stereocenters. The van der Waals surface area contributed by atoms with Gasteiger partial charge in [-0.2, -0.15) is 0 Å². The number of hydrogen-bond donors (Lipinski definition) is 3. The molecule has 0 radical (unpaired) electrons. The van der Waals surface area contributed by atoms with Crippen LogP contribution < -0.4 is 16.0 Å². The average Bonchev–Trinajstić information content (AvgIpc) is 2.86. The Labute approximate surface area is 225 Å². The first-order valence-electron chi connectivity index (χ1n) is 14.5. The number of nitrogens with zero attached hydrogens (tertiary/aromatic N) is 2. The van der Waals surface area contributed by atoms with Crippen LogP contribution in [-0.2, 0) is 16.0 Å². The van der Waals surface area contributed by atoms with Gasteiger partial charge in [-0.1, -0.05) is 59.1 Å². The monoisotopic (exact) mass is 513 g/mol. The molecule has 1 aliphatic carbocycles. The third kappa shape index (κ3) is 10.5. The summed E-state index contributed by atoms with van der Waals surface area (Å²) in [6.45, 7) is 10.6. The standard InChI is InChI=1S/C30H51N5O2/c1-6-9-17-27(30(23(4)8-3)33-18-7-2)35(5)22-29(37)34-21-28(36)32-20-12-16-26-25(15-11-19-31-26)24-13-10-14-24/h11,15,17,19,23-24,30,33H,6-10,12-14,16,18,20-22H2,1-5H3,(H,32,36)(H,34,37)/b27-17+. The second-order valence-corrected chi connectivity index (χ2v) is 10.5. The molecule has 7 nitrogen and oxygen atoms in total. The van der Waals surface area contributed by atoms with Crippen molar-refractivity contribution in [2.75, 3.05) is 33.2 Å². The van der Waals surface area contributed by atoms with Crippen LogP contribution in [0.5, 0.6) is 0 Å². The summed E-state index contributed by atoms with van der Waals surface area (Å²) >= 11 is 0. The number of allylic oxidation sites excluding steroid dienone is 1. The lowest BCUT2D eigenvalue weighted by atomic mass is 9.79. The summed E-state index contributed by atoms with van der Waals surface area (Å²) in [6, 6.07) is 4.43. The summed E-state index contributed by atoms with van der Waals surface area (Å²) in [5.41, 5.74) is 3.71. The molecule has 0 aromatic carbocycles. The van der Waals surface area contributed by atoms with Gasteiger partial charge in [-0.25, -0.2) is 0 Å². The molecule has 0 aliphatic heterocycles. The van der Waals surface area contributed by atoms with Gasteiger partial charge in [0.15, 0.2) is 0 Å². The summed E-state index contributed by atoms with van der Waals surface area (Å²) in [4.78, 5) is 31.6. The molecule has 0 bridgehead atoms. The molecule has 0 spiro atoms. The van der Waals surface area contributed by atoms with Crippen LogP contribution >= 0.6 is 0 Å².